The lowest BCUT2D eigenvalue weighted by atomic mass is 9.91. The highest BCUT2D eigenvalue weighted by atomic mass is 16.5. The van der Waals surface area contributed by atoms with E-state index in [-0.39, 0.29) is 0 Å². The molecule has 2 aromatic rings. The van der Waals surface area contributed by atoms with Gasteiger partial charge in [0.2, 0.25) is 0 Å². The minimum Gasteiger partial charge on any atom is -0.493 e. The van der Waals surface area contributed by atoms with E-state index >= 15 is 0 Å². The molecule has 5 heterocycles. The number of ether oxygens (including phenoxy) is 1. The highest BCUT2D eigenvalue weighted by Crippen LogP contribution is 2.46. The van der Waals surface area contributed by atoms with E-state index in [1.165, 1.54) is 41.3 Å². The summed E-state index contributed by atoms with van der Waals surface area (Å²) in [5, 5.41) is 15.4. The quantitative estimate of drug-likeness (QED) is 0.432. The molecule has 1 atom stereocenters. The molecule has 0 bridgehead atoms. The van der Waals surface area contributed by atoms with Gasteiger partial charge < -0.3 is 20.1 Å². The summed E-state index contributed by atoms with van der Waals surface area (Å²) in [4.78, 5) is 10.2. The summed E-state index contributed by atoms with van der Waals surface area (Å²) < 4.78 is 5.94. The van der Waals surface area contributed by atoms with Gasteiger partial charge in [0.05, 0.1) is 36.2 Å². The Hall–Kier alpha value is -2.93. The van der Waals surface area contributed by atoms with Crippen molar-refractivity contribution in [3.63, 3.8) is 0 Å². The number of hydrogen-bond donors (Lipinski definition) is 2. The number of piperidine rings is 1. The fraction of sp³-hybridized carbons (Fsp3) is 0.485. The van der Waals surface area contributed by atoms with Crippen molar-refractivity contribution < 1.29 is 9.84 Å². The molecular formula is C33H42N4O2. The first-order valence-corrected chi connectivity index (χ1v) is 14.7. The van der Waals surface area contributed by atoms with E-state index in [4.69, 9.17) is 9.72 Å². The molecule has 1 aromatic carbocycles. The van der Waals surface area contributed by atoms with Crippen LogP contribution in [0.5, 0.6) is 5.75 Å². The van der Waals surface area contributed by atoms with Gasteiger partial charge in [-0.3, -0.25) is 4.90 Å². The maximum absolute atomic E-state index is 10.9. The summed E-state index contributed by atoms with van der Waals surface area (Å²) in [7, 11) is 2.05. The lowest BCUT2D eigenvalue weighted by Crippen LogP contribution is -2.34. The van der Waals surface area contributed by atoms with Crippen LogP contribution in [0.4, 0.5) is 0 Å². The van der Waals surface area contributed by atoms with Crippen LogP contribution < -0.4 is 10.1 Å². The largest absolute Gasteiger partial charge is 0.493 e. The summed E-state index contributed by atoms with van der Waals surface area (Å²) in [6.07, 6.45) is 9.65. The van der Waals surface area contributed by atoms with Gasteiger partial charge in [0.25, 0.3) is 0 Å². The number of benzene rings is 1. The van der Waals surface area contributed by atoms with Crippen LogP contribution in [0.15, 0.2) is 54.3 Å². The molecule has 1 unspecified atom stereocenters. The first kappa shape index (κ1) is 26.3. The SMILES string of the molecule is C=CC(O)C1=C(CCC)C(=C)N2Cc3c(nc4cc5c(cc4c3CN3CCC(CCNC)CC3)CCO5)C2=C1. The lowest BCUT2D eigenvalue weighted by molar-refractivity contribution is 0.172. The molecule has 0 saturated carbocycles. The van der Waals surface area contributed by atoms with Crippen molar-refractivity contribution in [3.8, 4) is 5.75 Å². The number of aliphatic hydroxyl groups is 1. The Morgan fingerprint density at radius 3 is 2.85 bits per heavy atom. The molecule has 1 saturated heterocycles. The van der Waals surface area contributed by atoms with E-state index in [1.807, 2.05) is 7.05 Å². The van der Waals surface area contributed by atoms with Crippen molar-refractivity contribution in [3.05, 3.63) is 76.7 Å². The van der Waals surface area contributed by atoms with Crippen molar-refractivity contribution in [2.24, 2.45) is 5.92 Å². The highest BCUT2D eigenvalue weighted by Gasteiger charge is 2.36. The summed E-state index contributed by atoms with van der Waals surface area (Å²) in [6.45, 7) is 16.4. The molecule has 1 fully saturated rings. The number of rotatable bonds is 9. The van der Waals surface area contributed by atoms with Gasteiger partial charge in [-0.1, -0.05) is 26.0 Å². The average molecular weight is 527 g/mol. The minimum atomic E-state index is -0.720. The topological polar surface area (TPSA) is 60.9 Å². The van der Waals surface area contributed by atoms with Crippen molar-refractivity contribution in [1.29, 1.82) is 0 Å². The Morgan fingerprint density at radius 1 is 1.28 bits per heavy atom. The summed E-state index contributed by atoms with van der Waals surface area (Å²) >= 11 is 0. The molecular weight excluding hydrogens is 484 g/mol. The van der Waals surface area contributed by atoms with Gasteiger partial charge >= 0.3 is 0 Å². The van der Waals surface area contributed by atoms with Gasteiger partial charge in [0, 0.05) is 35.7 Å². The zero-order valence-corrected chi connectivity index (χ0v) is 23.6. The van der Waals surface area contributed by atoms with Crippen molar-refractivity contribution in [2.45, 2.75) is 64.6 Å². The van der Waals surface area contributed by atoms with Crippen LogP contribution in [0.2, 0.25) is 0 Å². The lowest BCUT2D eigenvalue weighted by Gasteiger charge is -2.33. The fourth-order valence-electron chi connectivity index (χ4n) is 6.86. The third-order valence-corrected chi connectivity index (χ3v) is 9.11. The molecule has 0 aliphatic carbocycles. The molecule has 2 N–H and O–H groups in total. The van der Waals surface area contributed by atoms with Crippen molar-refractivity contribution >= 4 is 16.6 Å². The van der Waals surface area contributed by atoms with Gasteiger partial charge in [-0.05, 0) is 92.7 Å². The van der Waals surface area contributed by atoms with Gasteiger partial charge in [0.15, 0.2) is 0 Å². The summed E-state index contributed by atoms with van der Waals surface area (Å²) in [5.41, 5.74) is 10.1. The number of likely N-dealkylation sites (tertiary alicyclic amines) is 1. The third-order valence-electron chi connectivity index (χ3n) is 9.11. The van der Waals surface area contributed by atoms with Crippen molar-refractivity contribution in [2.75, 3.05) is 33.3 Å². The molecule has 206 valence electrons. The van der Waals surface area contributed by atoms with E-state index in [1.54, 1.807) is 6.08 Å². The molecule has 0 amide bonds. The predicted octanol–water partition coefficient (Wildman–Crippen LogP) is 5.32. The zero-order valence-electron chi connectivity index (χ0n) is 23.6. The molecule has 0 spiro atoms. The Balaban J connectivity index is 1.42. The molecule has 6 nitrogen and oxygen atoms in total. The Morgan fingerprint density at radius 2 is 2.10 bits per heavy atom. The normalized spacial score (nSPS) is 20.1. The number of nitrogens with one attached hydrogen (secondary N) is 1. The minimum absolute atomic E-state index is 0.720. The van der Waals surface area contributed by atoms with E-state index in [0.29, 0.717) is 0 Å². The van der Waals surface area contributed by atoms with Crippen LogP contribution >= 0.6 is 0 Å². The monoisotopic (exact) mass is 526 g/mol. The van der Waals surface area contributed by atoms with E-state index in [2.05, 4.69) is 53.4 Å². The van der Waals surface area contributed by atoms with Gasteiger partial charge in [-0.25, -0.2) is 4.98 Å². The Kier molecular flexibility index (Phi) is 7.36. The van der Waals surface area contributed by atoms with Crippen LogP contribution in [0.3, 0.4) is 0 Å². The second-order valence-electron chi connectivity index (χ2n) is 11.5. The number of nitrogens with zero attached hydrogens (tertiary/aromatic N) is 3. The maximum Gasteiger partial charge on any atom is 0.124 e. The average Bonchev–Trinajstić information content (AvgIpc) is 3.56. The number of hydrogen-bond acceptors (Lipinski definition) is 6. The zero-order chi connectivity index (χ0) is 27.1. The van der Waals surface area contributed by atoms with Gasteiger partial charge in [-0.2, -0.15) is 0 Å². The first-order valence-electron chi connectivity index (χ1n) is 14.7. The molecule has 4 aliphatic heterocycles. The number of fused-ring (bicyclic) bond motifs is 5. The molecule has 0 radical (unpaired) electrons. The van der Waals surface area contributed by atoms with Crippen LogP contribution in [0.25, 0.3) is 16.6 Å². The summed E-state index contributed by atoms with van der Waals surface area (Å²) in [6, 6.07) is 4.48. The van der Waals surface area contributed by atoms with E-state index in [0.717, 1.165) is 104 Å². The van der Waals surface area contributed by atoms with E-state index in [9.17, 15) is 5.11 Å². The number of aliphatic hydroxyl groups excluding tert-OH is 1. The fourth-order valence-corrected chi connectivity index (χ4v) is 6.86. The second-order valence-corrected chi connectivity index (χ2v) is 11.5. The van der Waals surface area contributed by atoms with Crippen molar-refractivity contribution in [1.82, 2.24) is 20.1 Å². The maximum atomic E-state index is 10.9. The summed E-state index contributed by atoms with van der Waals surface area (Å²) in [5.74, 6) is 1.78. The van der Waals surface area contributed by atoms with E-state index < -0.39 is 6.10 Å². The number of aromatic nitrogens is 1. The first-order chi connectivity index (χ1) is 19.0. The van der Waals surface area contributed by atoms with Gasteiger partial charge in [-0.15, -0.1) is 6.58 Å². The molecule has 1 aromatic heterocycles. The second kappa shape index (κ2) is 10.9. The Labute approximate surface area is 232 Å². The number of pyridine rings is 1. The molecule has 4 aliphatic rings. The van der Waals surface area contributed by atoms with Crippen LogP contribution in [0, 0.1) is 5.92 Å². The third kappa shape index (κ3) is 4.73. The van der Waals surface area contributed by atoms with Gasteiger partial charge in [0.1, 0.15) is 5.75 Å². The predicted molar refractivity (Wildman–Crippen MR) is 158 cm³/mol. The Bertz CT molecular complexity index is 1370. The highest BCUT2D eigenvalue weighted by molar-refractivity contribution is 5.90. The van der Waals surface area contributed by atoms with Crippen LogP contribution in [0.1, 0.15) is 61.4 Å². The number of allylic oxidation sites excluding steroid dienone is 1. The smallest absolute Gasteiger partial charge is 0.124 e. The van der Waals surface area contributed by atoms with Crippen LogP contribution in [-0.2, 0) is 19.5 Å². The standard InChI is InChI=1S/C33H42N4O2/c1-5-7-24-21(3)37-20-28-27(19-36-13-9-22(10-14-36)8-12-34-4)25-16-23-11-15-39-32(23)18-29(25)35-33(28)30(37)17-26(24)31(38)6-2/h6,16-18,22,31,34,38H,2-3,5,7-15,19-20H2,1,4H3. The molecule has 6 rings (SSSR count). The molecule has 39 heavy (non-hydrogen) atoms. The van der Waals surface area contributed by atoms with Crippen LogP contribution in [-0.4, -0.2) is 59.3 Å². The molecule has 6 heteroatoms.